The Bertz CT molecular complexity index is 800. The first-order valence-corrected chi connectivity index (χ1v) is 8.92. The Labute approximate surface area is 131 Å². The molecule has 1 aliphatic rings. The number of nitrogens with one attached hydrogen (secondary N) is 1. The molecule has 3 rings (SSSR count). The molecular weight excluding hydrogens is 296 g/mol. The number of nitrogens with two attached hydrogens (primary N) is 1. The summed E-state index contributed by atoms with van der Waals surface area (Å²) in [5.74, 6) is 0. The first-order valence-electron chi connectivity index (χ1n) is 7.43. The molecule has 1 aliphatic carbocycles. The van der Waals surface area contributed by atoms with E-state index in [1.54, 1.807) is 12.1 Å². The van der Waals surface area contributed by atoms with Gasteiger partial charge >= 0.3 is 0 Å². The third-order valence-corrected chi connectivity index (χ3v) is 5.79. The van der Waals surface area contributed by atoms with E-state index in [1.165, 1.54) is 0 Å². The number of anilines is 1. The summed E-state index contributed by atoms with van der Waals surface area (Å²) < 4.78 is 28.2. The summed E-state index contributed by atoms with van der Waals surface area (Å²) in [5.41, 5.74) is 9.49. The fourth-order valence-corrected chi connectivity index (χ4v) is 4.56. The van der Waals surface area contributed by atoms with Crippen molar-refractivity contribution in [3.05, 3.63) is 59.2 Å². The number of nitrogen functional groups attached to an aromatic ring is 1. The van der Waals surface area contributed by atoms with E-state index in [2.05, 4.69) is 4.72 Å². The van der Waals surface area contributed by atoms with Crippen LogP contribution in [0.5, 0.6) is 0 Å². The summed E-state index contributed by atoms with van der Waals surface area (Å²) in [5, 5.41) is 0. The van der Waals surface area contributed by atoms with Crippen LogP contribution in [-0.4, -0.2) is 8.42 Å². The second-order valence-corrected chi connectivity index (χ2v) is 7.47. The number of sulfonamides is 1. The van der Waals surface area contributed by atoms with E-state index in [4.69, 9.17) is 5.73 Å². The summed E-state index contributed by atoms with van der Waals surface area (Å²) in [6, 6.07) is 12.6. The van der Waals surface area contributed by atoms with Crippen LogP contribution in [0.2, 0.25) is 0 Å². The highest BCUT2D eigenvalue weighted by atomic mass is 32.2. The highest BCUT2D eigenvalue weighted by Crippen LogP contribution is 2.32. The fraction of sp³-hybridized carbons (Fsp3) is 0.294. The molecule has 0 saturated carbocycles. The maximum atomic E-state index is 12.7. The minimum atomic E-state index is -3.52. The van der Waals surface area contributed by atoms with Crippen molar-refractivity contribution in [2.45, 2.75) is 37.1 Å². The molecule has 1 unspecified atom stereocenters. The van der Waals surface area contributed by atoms with Crippen molar-refractivity contribution < 1.29 is 8.42 Å². The molecule has 4 nitrogen and oxygen atoms in total. The zero-order valence-corrected chi connectivity index (χ0v) is 13.4. The zero-order valence-electron chi connectivity index (χ0n) is 12.5. The van der Waals surface area contributed by atoms with Gasteiger partial charge in [0.2, 0.25) is 10.0 Å². The van der Waals surface area contributed by atoms with Gasteiger partial charge in [-0.15, -0.1) is 0 Å². The topological polar surface area (TPSA) is 72.2 Å². The third-order valence-electron chi connectivity index (χ3n) is 4.16. The summed E-state index contributed by atoms with van der Waals surface area (Å²) >= 11 is 0. The van der Waals surface area contributed by atoms with Crippen molar-refractivity contribution in [2.75, 3.05) is 5.73 Å². The molecule has 0 saturated heterocycles. The van der Waals surface area contributed by atoms with Crippen LogP contribution >= 0.6 is 0 Å². The quantitative estimate of drug-likeness (QED) is 0.855. The van der Waals surface area contributed by atoms with Gasteiger partial charge in [-0.25, -0.2) is 13.1 Å². The first-order chi connectivity index (χ1) is 10.5. The molecular formula is C17H20N2O2S. The molecule has 0 aliphatic heterocycles. The summed E-state index contributed by atoms with van der Waals surface area (Å²) in [7, 11) is -3.52. The predicted molar refractivity (Wildman–Crippen MR) is 88.0 cm³/mol. The van der Waals surface area contributed by atoms with Crippen molar-refractivity contribution in [1.82, 2.24) is 4.72 Å². The van der Waals surface area contributed by atoms with Crippen LogP contribution in [0, 0.1) is 6.92 Å². The molecule has 0 heterocycles. The molecule has 22 heavy (non-hydrogen) atoms. The maximum absolute atomic E-state index is 12.7. The normalized spacial score (nSPS) is 18.0. The van der Waals surface area contributed by atoms with Crippen molar-refractivity contribution in [3.8, 4) is 0 Å². The molecule has 1 atom stereocenters. The number of aryl methyl sites for hydroxylation is 2. The molecule has 0 bridgehead atoms. The maximum Gasteiger partial charge on any atom is 0.241 e. The highest BCUT2D eigenvalue weighted by Gasteiger charge is 2.26. The zero-order chi connectivity index (χ0) is 15.7. The molecule has 0 aromatic heterocycles. The molecule has 116 valence electrons. The smallest absolute Gasteiger partial charge is 0.241 e. The molecule has 3 N–H and O–H groups in total. The van der Waals surface area contributed by atoms with Gasteiger partial charge in [-0.3, -0.25) is 0 Å². The number of fused-ring (bicyclic) bond motifs is 1. The largest absolute Gasteiger partial charge is 0.399 e. The van der Waals surface area contributed by atoms with Crippen LogP contribution in [0.4, 0.5) is 5.69 Å². The van der Waals surface area contributed by atoms with E-state index in [9.17, 15) is 8.42 Å². The third kappa shape index (κ3) is 2.87. The summed E-state index contributed by atoms with van der Waals surface area (Å²) in [4.78, 5) is 0.345. The average molecular weight is 316 g/mol. The van der Waals surface area contributed by atoms with Gasteiger partial charge in [-0.05, 0) is 61.1 Å². The van der Waals surface area contributed by atoms with Crippen molar-refractivity contribution in [2.24, 2.45) is 0 Å². The van der Waals surface area contributed by atoms with E-state index in [-0.39, 0.29) is 6.04 Å². The molecule has 0 spiro atoms. The molecule has 0 radical (unpaired) electrons. The van der Waals surface area contributed by atoms with Gasteiger partial charge in [0.25, 0.3) is 0 Å². The second-order valence-electron chi connectivity index (χ2n) is 5.79. The Balaban J connectivity index is 1.93. The molecule has 0 fully saturated rings. The van der Waals surface area contributed by atoms with E-state index >= 15 is 0 Å². The van der Waals surface area contributed by atoms with Crippen LogP contribution in [0.3, 0.4) is 0 Å². The van der Waals surface area contributed by atoms with Gasteiger partial charge < -0.3 is 5.73 Å². The van der Waals surface area contributed by atoms with Crippen molar-refractivity contribution in [3.63, 3.8) is 0 Å². The first kappa shape index (κ1) is 15.1. The van der Waals surface area contributed by atoms with Gasteiger partial charge in [-0.1, -0.05) is 24.3 Å². The number of hydrogen-bond acceptors (Lipinski definition) is 3. The Morgan fingerprint density at radius 1 is 1.18 bits per heavy atom. The van der Waals surface area contributed by atoms with E-state index in [0.717, 1.165) is 41.6 Å². The van der Waals surface area contributed by atoms with Gasteiger partial charge in [-0.2, -0.15) is 0 Å². The Morgan fingerprint density at radius 3 is 2.73 bits per heavy atom. The molecule has 2 aromatic rings. The minimum Gasteiger partial charge on any atom is -0.399 e. The van der Waals surface area contributed by atoms with Crippen LogP contribution in [-0.2, 0) is 16.4 Å². The lowest BCUT2D eigenvalue weighted by Crippen LogP contribution is -2.31. The SMILES string of the molecule is Cc1ccccc1S(=O)(=O)NC1CCCc2cc(N)ccc21. The van der Waals surface area contributed by atoms with Crippen LogP contribution in [0.25, 0.3) is 0 Å². The average Bonchev–Trinajstić information content (AvgIpc) is 2.47. The molecule has 2 aromatic carbocycles. The summed E-state index contributed by atoms with van der Waals surface area (Å²) in [6.07, 6.45) is 2.71. The number of hydrogen-bond donors (Lipinski definition) is 2. The van der Waals surface area contributed by atoms with E-state index in [0.29, 0.717) is 4.90 Å². The lowest BCUT2D eigenvalue weighted by atomic mass is 9.88. The predicted octanol–water partition coefficient (Wildman–Crippen LogP) is 2.93. The summed E-state index contributed by atoms with van der Waals surface area (Å²) in [6.45, 7) is 1.81. The van der Waals surface area contributed by atoms with Gasteiger partial charge in [0, 0.05) is 11.7 Å². The van der Waals surface area contributed by atoms with Crippen molar-refractivity contribution >= 4 is 15.7 Å². The van der Waals surface area contributed by atoms with Crippen molar-refractivity contribution in [1.29, 1.82) is 0 Å². The lowest BCUT2D eigenvalue weighted by molar-refractivity contribution is 0.507. The number of rotatable bonds is 3. The van der Waals surface area contributed by atoms with Gasteiger partial charge in [0.15, 0.2) is 0 Å². The van der Waals surface area contributed by atoms with Gasteiger partial charge in [0.05, 0.1) is 4.90 Å². The van der Waals surface area contributed by atoms with Crippen LogP contribution in [0.15, 0.2) is 47.4 Å². The fourth-order valence-electron chi connectivity index (χ4n) is 3.07. The van der Waals surface area contributed by atoms with E-state index in [1.807, 2.05) is 37.3 Å². The standard InChI is InChI=1S/C17H20N2O2S/c1-12-5-2-3-8-17(12)22(20,21)19-16-7-4-6-13-11-14(18)9-10-15(13)16/h2-3,5,8-11,16,19H,4,6-7,18H2,1H3. The lowest BCUT2D eigenvalue weighted by Gasteiger charge is -2.26. The monoisotopic (exact) mass is 316 g/mol. The van der Waals surface area contributed by atoms with E-state index < -0.39 is 10.0 Å². The highest BCUT2D eigenvalue weighted by molar-refractivity contribution is 7.89. The Hall–Kier alpha value is -1.85. The second kappa shape index (κ2) is 5.74. The minimum absolute atomic E-state index is 0.186. The van der Waals surface area contributed by atoms with Crippen LogP contribution in [0.1, 0.15) is 35.6 Å². The molecule has 5 heteroatoms. The Morgan fingerprint density at radius 2 is 1.95 bits per heavy atom. The number of benzene rings is 2. The van der Waals surface area contributed by atoms with Crippen LogP contribution < -0.4 is 10.5 Å². The molecule has 0 amide bonds. The Kier molecular flexibility index (Phi) is 3.93. The van der Waals surface area contributed by atoms with Gasteiger partial charge in [0.1, 0.15) is 0 Å².